The van der Waals surface area contributed by atoms with Crippen molar-refractivity contribution < 1.29 is 29.6 Å². The normalized spacial score (nSPS) is 43.2. The molecule has 1 aromatic rings. The fourth-order valence-electron chi connectivity index (χ4n) is 11.9. The summed E-state index contributed by atoms with van der Waals surface area (Å²) in [6.07, 6.45) is 12.0. The number of allylic oxidation sites excluding steroid dienone is 2. The first-order chi connectivity index (χ1) is 20.9. The van der Waals surface area contributed by atoms with E-state index in [2.05, 4.69) is 54.5 Å². The number of aliphatic hydroxyl groups excluding tert-OH is 1. The molecule has 6 nitrogen and oxygen atoms in total. The van der Waals surface area contributed by atoms with E-state index in [9.17, 15) is 24.9 Å². The number of benzene rings is 1. The third kappa shape index (κ3) is 4.74. The zero-order valence-electron chi connectivity index (χ0n) is 28.4. The van der Waals surface area contributed by atoms with Gasteiger partial charge in [-0.1, -0.05) is 72.2 Å². The summed E-state index contributed by atoms with van der Waals surface area (Å²) >= 11 is 0. The van der Waals surface area contributed by atoms with Gasteiger partial charge >= 0.3 is 11.9 Å². The third-order valence-corrected chi connectivity index (χ3v) is 14.5. The summed E-state index contributed by atoms with van der Waals surface area (Å²) in [4.78, 5) is 26.0. The van der Waals surface area contributed by atoms with Crippen LogP contribution in [0.1, 0.15) is 112 Å². The van der Waals surface area contributed by atoms with Gasteiger partial charge in [-0.3, -0.25) is 4.79 Å². The molecule has 9 atom stereocenters. The van der Waals surface area contributed by atoms with E-state index in [0.29, 0.717) is 12.3 Å². The topological polar surface area (TPSA) is 104 Å². The van der Waals surface area contributed by atoms with Gasteiger partial charge in [0.25, 0.3) is 0 Å². The van der Waals surface area contributed by atoms with Crippen molar-refractivity contribution in [3.05, 3.63) is 47.6 Å². The Hall–Kier alpha value is -2.60. The van der Waals surface area contributed by atoms with Crippen LogP contribution >= 0.6 is 0 Å². The van der Waals surface area contributed by atoms with E-state index < -0.39 is 35.0 Å². The van der Waals surface area contributed by atoms with Gasteiger partial charge in [-0.25, -0.2) is 4.79 Å². The Morgan fingerprint density at radius 3 is 2.22 bits per heavy atom. The van der Waals surface area contributed by atoms with Crippen molar-refractivity contribution in [3.8, 4) is 5.75 Å². The first kappa shape index (κ1) is 32.3. The second-order valence-electron chi connectivity index (χ2n) is 17.6. The lowest BCUT2D eigenvalue weighted by atomic mass is 9.33. The molecule has 4 saturated carbocycles. The highest BCUT2D eigenvalue weighted by Gasteiger charge is 2.70. The Labute approximate surface area is 269 Å². The zero-order valence-corrected chi connectivity index (χ0v) is 28.4. The number of phenols is 1. The summed E-state index contributed by atoms with van der Waals surface area (Å²) in [7, 11) is 0. The molecule has 3 unspecified atom stereocenters. The van der Waals surface area contributed by atoms with Gasteiger partial charge in [0, 0.05) is 11.5 Å². The van der Waals surface area contributed by atoms with E-state index in [1.807, 2.05) is 0 Å². The molecular weight excluding hydrogens is 564 g/mol. The first-order valence-corrected chi connectivity index (χ1v) is 17.2. The van der Waals surface area contributed by atoms with Crippen LogP contribution in [-0.4, -0.2) is 39.5 Å². The van der Waals surface area contributed by atoms with E-state index in [1.54, 1.807) is 30.3 Å². The Bertz CT molecular complexity index is 1420. The van der Waals surface area contributed by atoms with Gasteiger partial charge in [-0.2, -0.15) is 0 Å². The van der Waals surface area contributed by atoms with Crippen molar-refractivity contribution in [2.75, 3.05) is 0 Å². The SMILES string of the molecule is CC1(C)CC[C@]2(C(=O)O)CC[C@]3(C)C(=CCC4[C@@]5(C)C[C@@H](O)[C@H](OC(=O)/C=C/c6ccc(O)cc6)C(C)(C)C5CC[C@]43C)C2C1. The molecule has 246 valence electrons. The number of phenolic OH excluding ortho intramolecular Hbond substituents is 1. The second-order valence-corrected chi connectivity index (χ2v) is 17.6. The van der Waals surface area contributed by atoms with Crippen molar-refractivity contribution >= 4 is 18.0 Å². The minimum atomic E-state index is -0.780. The molecule has 5 aliphatic carbocycles. The molecule has 4 fully saturated rings. The zero-order chi connectivity index (χ0) is 32.8. The molecule has 0 radical (unpaired) electrons. The number of carbonyl (C=O) groups is 2. The number of aliphatic hydroxyl groups is 1. The van der Waals surface area contributed by atoms with Crippen LogP contribution in [-0.2, 0) is 14.3 Å². The van der Waals surface area contributed by atoms with E-state index in [1.165, 1.54) is 11.6 Å². The summed E-state index contributed by atoms with van der Waals surface area (Å²) in [6.45, 7) is 16.3. The van der Waals surface area contributed by atoms with Gasteiger partial charge in [-0.15, -0.1) is 0 Å². The van der Waals surface area contributed by atoms with E-state index in [-0.39, 0.29) is 39.2 Å². The lowest BCUT2D eigenvalue weighted by Crippen LogP contribution is -2.67. The van der Waals surface area contributed by atoms with Crippen LogP contribution in [0.5, 0.6) is 5.75 Å². The van der Waals surface area contributed by atoms with Crippen LogP contribution in [0.2, 0.25) is 0 Å². The Balaban J connectivity index is 1.29. The number of ether oxygens (including phenoxy) is 1. The van der Waals surface area contributed by atoms with Crippen LogP contribution in [0.4, 0.5) is 0 Å². The highest BCUT2D eigenvalue weighted by Crippen LogP contribution is 2.75. The van der Waals surface area contributed by atoms with Crippen LogP contribution in [0.15, 0.2) is 42.0 Å². The number of carboxylic acid groups (broad SMARTS) is 1. The number of carboxylic acids is 1. The molecule has 0 amide bonds. The summed E-state index contributed by atoms with van der Waals surface area (Å²) < 4.78 is 6.04. The molecule has 1 aromatic carbocycles. The number of hydrogen-bond donors (Lipinski definition) is 3. The molecule has 0 spiro atoms. The summed E-state index contributed by atoms with van der Waals surface area (Å²) in [5, 5.41) is 31.9. The van der Waals surface area contributed by atoms with Gasteiger partial charge in [0.2, 0.25) is 0 Å². The maximum absolute atomic E-state index is 13.0. The van der Waals surface area contributed by atoms with Crippen LogP contribution in [0.25, 0.3) is 6.08 Å². The smallest absolute Gasteiger partial charge is 0.331 e. The third-order valence-electron chi connectivity index (χ3n) is 14.5. The summed E-state index contributed by atoms with van der Waals surface area (Å²) in [6, 6.07) is 6.62. The van der Waals surface area contributed by atoms with Gasteiger partial charge in [0.05, 0.1) is 11.5 Å². The maximum Gasteiger partial charge on any atom is 0.331 e. The molecule has 5 aliphatic rings. The van der Waals surface area contributed by atoms with Crippen molar-refractivity contribution in [2.24, 2.45) is 50.2 Å². The number of aromatic hydroxyl groups is 1. The monoisotopic (exact) mass is 618 g/mol. The van der Waals surface area contributed by atoms with Crippen molar-refractivity contribution in [3.63, 3.8) is 0 Å². The lowest BCUT2D eigenvalue weighted by Gasteiger charge is -2.71. The molecule has 6 heteroatoms. The standard InChI is InChI=1S/C39H54O6/c1-34(2)18-20-39(33(43)44)21-19-37(6)26(27(39)22-34)13-14-30-36(5)23-28(41)32(35(3,4)29(36)16-17-38(30,37)7)45-31(42)15-10-24-8-11-25(40)12-9-24/h8-13,15,27-30,32,40-41H,14,16-23H2,1-7H3,(H,43,44)/b15-10+/t27?,28-,29?,30?,32+,36+,37-,38-,39+/m1/s1. The number of carbonyl (C=O) groups excluding carboxylic acids is 1. The average Bonchev–Trinajstić information content (AvgIpc) is 2.94. The Kier molecular flexibility index (Phi) is 7.51. The molecular formula is C39H54O6. The highest BCUT2D eigenvalue weighted by atomic mass is 16.6. The molecule has 0 aromatic heterocycles. The number of rotatable bonds is 4. The van der Waals surface area contributed by atoms with E-state index >= 15 is 0 Å². The van der Waals surface area contributed by atoms with Crippen molar-refractivity contribution in [1.82, 2.24) is 0 Å². The van der Waals surface area contributed by atoms with Gasteiger partial charge in [-0.05, 0) is 121 Å². The van der Waals surface area contributed by atoms with Crippen molar-refractivity contribution in [1.29, 1.82) is 0 Å². The first-order valence-electron chi connectivity index (χ1n) is 17.2. The summed E-state index contributed by atoms with van der Waals surface area (Å²) in [5.74, 6) is -0.230. The Morgan fingerprint density at radius 2 is 1.56 bits per heavy atom. The largest absolute Gasteiger partial charge is 0.508 e. The minimum absolute atomic E-state index is 0.0131. The fraction of sp³-hybridized carbons (Fsp3) is 0.692. The minimum Gasteiger partial charge on any atom is -0.508 e. The number of fused-ring (bicyclic) bond motifs is 7. The predicted molar refractivity (Wildman–Crippen MR) is 175 cm³/mol. The second kappa shape index (κ2) is 10.5. The molecule has 0 saturated heterocycles. The molecule has 0 heterocycles. The van der Waals surface area contributed by atoms with Gasteiger partial charge in [0.15, 0.2) is 0 Å². The lowest BCUT2D eigenvalue weighted by molar-refractivity contribution is -0.238. The van der Waals surface area contributed by atoms with Gasteiger partial charge < -0.3 is 20.1 Å². The molecule has 0 bridgehead atoms. The molecule has 0 aliphatic heterocycles. The summed E-state index contributed by atoms with van der Waals surface area (Å²) in [5.41, 5.74) is 0.991. The van der Waals surface area contributed by atoms with Crippen LogP contribution < -0.4 is 0 Å². The Morgan fingerprint density at radius 1 is 0.889 bits per heavy atom. The maximum atomic E-state index is 13.0. The fourth-order valence-corrected chi connectivity index (χ4v) is 11.9. The van der Waals surface area contributed by atoms with E-state index in [0.717, 1.165) is 56.9 Å². The number of aliphatic carboxylic acids is 1. The predicted octanol–water partition coefficient (Wildman–Crippen LogP) is 8.17. The molecule has 45 heavy (non-hydrogen) atoms. The molecule has 3 N–H and O–H groups in total. The quantitative estimate of drug-likeness (QED) is 0.179. The number of hydrogen-bond acceptors (Lipinski definition) is 5. The van der Waals surface area contributed by atoms with Crippen molar-refractivity contribution in [2.45, 2.75) is 118 Å². The van der Waals surface area contributed by atoms with Gasteiger partial charge in [0.1, 0.15) is 11.9 Å². The van der Waals surface area contributed by atoms with E-state index in [4.69, 9.17) is 4.74 Å². The molecule has 6 rings (SSSR count). The van der Waals surface area contributed by atoms with Crippen LogP contribution in [0, 0.1) is 50.2 Å². The highest BCUT2D eigenvalue weighted by molar-refractivity contribution is 5.87. The number of esters is 1. The average molecular weight is 619 g/mol. The van der Waals surface area contributed by atoms with Crippen LogP contribution in [0.3, 0.4) is 0 Å².